The lowest BCUT2D eigenvalue weighted by atomic mass is 9.88. The number of fused-ring (bicyclic) bond motifs is 1. The van der Waals surface area contributed by atoms with Crippen molar-refractivity contribution >= 4 is 27.6 Å². The van der Waals surface area contributed by atoms with E-state index in [4.69, 9.17) is 16.7 Å². The molecule has 0 aliphatic heterocycles. The molecule has 10 heteroatoms. The van der Waals surface area contributed by atoms with Crippen LogP contribution in [0.25, 0.3) is 11.3 Å². The number of carboxylic acid groups (broad SMARTS) is 1. The number of rotatable bonds is 13. The largest absolute Gasteiger partial charge is 0.481 e. The van der Waals surface area contributed by atoms with Crippen molar-refractivity contribution in [2.75, 3.05) is 20.1 Å². The van der Waals surface area contributed by atoms with Gasteiger partial charge in [-0.2, -0.15) is 4.31 Å². The van der Waals surface area contributed by atoms with Crippen LogP contribution in [0.4, 0.5) is 0 Å². The number of aliphatic hydroxyl groups excluding tert-OH is 1. The van der Waals surface area contributed by atoms with Crippen molar-refractivity contribution in [2.45, 2.75) is 62.5 Å². The molecule has 3 N–H and O–H groups in total. The molecule has 1 aliphatic rings. The van der Waals surface area contributed by atoms with Crippen LogP contribution in [0.15, 0.2) is 65.6 Å². The number of likely N-dealkylation sites (N-methyl/N-ethyl adjacent to an activating group) is 1. The second kappa shape index (κ2) is 13.0. The first kappa shape index (κ1) is 31.1. The number of aromatic nitrogens is 1. The van der Waals surface area contributed by atoms with Gasteiger partial charge >= 0.3 is 5.97 Å². The molecule has 2 aromatic carbocycles. The van der Waals surface area contributed by atoms with Crippen molar-refractivity contribution in [3.63, 3.8) is 0 Å². The van der Waals surface area contributed by atoms with Crippen molar-refractivity contribution < 1.29 is 23.4 Å². The number of halogens is 1. The topological polar surface area (TPSA) is 120 Å². The average Bonchev–Trinajstić information content (AvgIpc) is 3.32. The average molecular weight is 600 g/mol. The highest BCUT2D eigenvalue weighted by atomic mass is 35.5. The number of aryl methyl sites for hydroxylation is 1. The minimum Gasteiger partial charge on any atom is -0.481 e. The fraction of sp³-hybridized carbons (Fsp3) is 0.419. The zero-order chi connectivity index (χ0) is 29.8. The Morgan fingerprint density at radius 3 is 2.44 bits per heavy atom. The molecule has 0 amide bonds. The zero-order valence-corrected chi connectivity index (χ0v) is 25.3. The predicted octanol–water partition coefficient (Wildman–Crippen LogP) is 4.57. The van der Waals surface area contributed by atoms with Crippen LogP contribution in [0.5, 0.6) is 0 Å². The summed E-state index contributed by atoms with van der Waals surface area (Å²) in [7, 11) is -2.47. The van der Waals surface area contributed by atoms with Gasteiger partial charge in [-0.15, -0.1) is 0 Å². The van der Waals surface area contributed by atoms with Gasteiger partial charge in [0.05, 0.1) is 28.1 Å². The normalized spacial score (nSPS) is 14.8. The summed E-state index contributed by atoms with van der Waals surface area (Å²) in [5, 5.41) is 23.3. The lowest BCUT2D eigenvalue weighted by molar-refractivity contribution is -0.136. The van der Waals surface area contributed by atoms with Gasteiger partial charge in [0.1, 0.15) is 0 Å². The lowest BCUT2D eigenvalue weighted by Gasteiger charge is -2.31. The molecule has 1 atom stereocenters. The summed E-state index contributed by atoms with van der Waals surface area (Å²) < 4.78 is 27.7. The maximum Gasteiger partial charge on any atom is 0.303 e. The first-order valence-corrected chi connectivity index (χ1v) is 15.6. The van der Waals surface area contributed by atoms with Crippen LogP contribution in [0.2, 0.25) is 5.02 Å². The summed E-state index contributed by atoms with van der Waals surface area (Å²) in [6.07, 6.45) is 2.40. The van der Waals surface area contributed by atoms with E-state index in [-0.39, 0.29) is 41.4 Å². The van der Waals surface area contributed by atoms with E-state index in [0.717, 1.165) is 23.6 Å². The summed E-state index contributed by atoms with van der Waals surface area (Å²) in [5.74, 6) is -0.376. The minimum atomic E-state index is -3.91. The molecule has 0 saturated carbocycles. The van der Waals surface area contributed by atoms with E-state index >= 15 is 0 Å². The Labute approximate surface area is 247 Å². The van der Waals surface area contributed by atoms with Gasteiger partial charge in [0.25, 0.3) is 0 Å². The van der Waals surface area contributed by atoms with E-state index in [9.17, 15) is 18.3 Å². The summed E-state index contributed by atoms with van der Waals surface area (Å²) in [4.78, 5) is 15.4. The number of sulfonamides is 1. The fourth-order valence-corrected chi connectivity index (χ4v) is 7.07. The van der Waals surface area contributed by atoms with E-state index in [2.05, 4.69) is 48.4 Å². The van der Waals surface area contributed by atoms with Crippen molar-refractivity contribution in [3.05, 3.63) is 82.5 Å². The van der Waals surface area contributed by atoms with Gasteiger partial charge in [-0.1, -0.05) is 41.9 Å². The van der Waals surface area contributed by atoms with E-state index in [0.29, 0.717) is 22.9 Å². The van der Waals surface area contributed by atoms with Crippen LogP contribution in [0.3, 0.4) is 0 Å². The van der Waals surface area contributed by atoms with E-state index < -0.39 is 22.1 Å². The van der Waals surface area contributed by atoms with Crippen LogP contribution in [-0.2, 0) is 34.1 Å². The Morgan fingerprint density at radius 2 is 1.80 bits per heavy atom. The van der Waals surface area contributed by atoms with Gasteiger partial charge in [0, 0.05) is 43.4 Å². The number of β-amino-alcohol motifs (C(OH)–C–C–N with tert-alkyl or cyclic N) is 1. The third-order valence-electron chi connectivity index (χ3n) is 7.55. The van der Waals surface area contributed by atoms with Crippen LogP contribution < -0.4 is 5.32 Å². The maximum absolute atomic E-state index is 13.3. The van der Waals surface area contributed by atoms with Crippen molar-refractivity contribution in [1.82, 2.24) is 14.6 Å². The molecule has 0 bridgehead atoms. The molecule has 0 radical (unpaired) electrons. The molecule has 41 heavy (non-hydrogen) atoms. The highest BCUT2D eigenvalue weighted by Crippen LogP contribution is 2.32. The minimum absolute atomic E-state index is 0.0112. The Morgan fingerprint density at radius 1 is 1.12 bits per heavy atom. The molecule has 8 nitrogen and oxygen atoms in total. The first-order valence-electron chi connectivity index (χ1n) is 13.8. The molecule has 1 aromatic heterocycles. The molecule has 4 rings (SSSR count). The molecule has 1 heterocycles. The lowest BCUT2D eigenvalue weighted by Crippen LogP contribution is -2.47. The van der Waals surface area contributed by atoms with E-state index in [1.807, 2.05) is 0 Å². The molecule has 1 unspecified atom stereocenters. The number of hydrogen-bond acceptors (Lipinski definition) is 6. The summed E-state index contributed by atoms with van der Waals surface area (Å²) in [5.41, 5.74) is 4.29. The summed E-state index contributed by atoms with van der Waals surface area (Å²) >= 11 is 6.48. The molecule has 220 valence electrons. The number of nitrogens with zero attached hydrogens (tertiary/aromatic N) is 2. The number of carbonyl (C=O) groups is 1. The maximum atomic E-state index is 13.3. The number of carboxylic acids is 1. The Balaban J connectivity index is 1.33. The highest BCUT2D eigenvalue weighted by Gasteiger charge is 2.29. The molecule has 1 aliphatic carbocycles. The van der Waals surface area contributed by atoms with Crippen LogP contribution in [0.1, 0.15) is 43.5 Å². The van der Waals surface area contributed by atoms with E-state index in [1.54, 1.807) is 24.3 Å². The molecular formula is C31H38ClN3O5S. The number of aliphatic hydroxyl groups is 1. The quantitative estimate of drug-likeness (QED) is 0.263. The van der Waals surface area contributed by atoms with Gasteiger partial charge in [0.15, 0.2) is 0 Å². The number of hydrogen-bond donors (Lipinski definition) is 3. The standard InChI is InChI=1S/C31H38ClN3O5S/c1-31(2,18-21-15-22-7-4-5-8-23(22)16-21)33-19-25(36)20-35(3)41(39,40)26-12-13-27(28(32)17-26)29-10-6-9-24(34-29)11-14-30(37)38/h4-10,12-13,17,21,25,33,36H,11,14-16,18-20H2,1-3H3,(H,37,38). The molecule has 3 aromatic rings. The zero-order valence-electron chi connectivity index (χ0n) is 23.7. The van der Waals surface area contributed by atoms with Gasteiger partial charge in [-0.05, 0) is 80.5 Å². The summed E-state index contributed by atoms with van der Waals surface area (Å²) in [6, 6.07) is 18.2. The monoisotopic (exact) mass is 599 g/mol. The van der Waals surface area contributed by atoms with Crippen molar-refractivity contribution in [3.8, 4) is 11.3 Å². The van der Waals surface area contributed by atoms with Crippen LogP contribution >= 0.6 is 11.6 Å². The number of pyridine rings is 1. The van der Waals surface area contributed by atoms with Crippen molar-refractivity contribution in [1.29, 1.82) is 0 Å². The number of aliphatic carboxylic acids is 1. The Hall–Kier alpha value is -2.82. The van der Waals surface area contributed by atoms with Gasteiger partial charge < -0.3 is 15.5 Å². The molecular weight excluding hydrogens is 562 g/mol. The van der Waals surface area contributed by atoms with Gasteiger partial charge in [-0.25, -0.2) is 8.42 Å². The molecule has 0 saturated heterocycles. The van der Waals surface area contributed by atoms with Crippen LogP contribution in [-0.4, -0.2) is 65.7 Å². The molecule has 0 spiro atoms. The summed E-state index contributed by atoms with van der Waals surface area (Å²) in [6.45, 7) is 4.41. The third-order valence-corrected chi connectivity index (χ3v) is 9.68. The predicted molar refractivity (Wildman–Crippen MR) is 161 cm³/mol. The first-order chi connectivity index (χ1) is 19.3. The van der Waals surface area contributed by atoms with Gasteiger partial charge in [-0.3, -0.25) is 9.78 Å². The smallest absolute Gasteiger partial charge is 0.303 e. The second-order valence-electron chi connectivity index (χ2n) is 11.5. The molecule has 0 fully saturated rings. The van der Waals surface area contributed by atoms with Crippen LogP contribution in [0, 0.1) is 5.92 Å². The Bertz CT molecular complexity index is 1470. The number of benzene rings is 2. The van der Waals surface area contributed by atoms with Gasteiger partial charge in [0.2, 0.25) is 10.0 Å². The Kier molecular flexibility index (Phi) is 9.87. The number of nitrogens with one attached hydrogen (secondary N) is 1. The van der Waals surface area contributed by atoms with E-state index in [1.165, 1.54) is 30.3 Å². The highest BCUT2D eigenvalue weighted by molar-refractivity contribution is 7.89. The second-order valence-corrected chi connectivity index (χ2v) is 14.0. The fourth-order valence-electron chi connectivity index (χ4n) is 5.49. The van der Waals surface area contributed by atoms with Crippen molar-refractivity contribution in [2.24, 2.45) is 5.92 Å². The third kappa shape index (κ3) is 8.14. The SMILES string of the molecule is CN(CC(O)CNC(C)(C)CC1Cc2ccccc2C1)S(=O)(=O)c1ccc(-c2cccc(CCC(=O)O)n2)c(Cl)c1.